The molecule has 3 nitrogen and oxygen atoms in total. The molecule has 150 valence electrons. The first-order valence-corrected chi connectivity index (χ1v) is 10.4. The molecule has 2 aromatic carbocycles. The summed E-state index contributed by atoms with van der Waals surface area (Å²) in [5.74, 6) is 0.148. The summed E-state index contributed by atoms with van der Waals surface area (Å²) in [4.78, 5) is 17.0. The fraction of sp³-hybridized carbons (Fsp3) is 0.458. The SMILES string of the molecule is CCC(=O)N(c1cccc(F)c1)[C@H](C)[C@@H]1CCCN(CCc2ccccc2)C1. The highest BCUT2D eigenvalue weighted by atomic mass is 19.1. The molecule has 4 heteroatoms. The fourth-order valence-electron chi connectivity index (χ4n) is 4.23. The van der Waals surface area contributed by atoms with Crippen LogP contribution >= 0.6 is 0 Å². The Balaban J connectivity index is 1.68. The zero-order valence-corrected chi connectivity index (χ0v) is 17.0. The molecule has 0 aromatic heterocycles. The number of nitrogens with zero attached hydrogens (tertiary/aromatic N) is 2. The lowest BCUT2D eigenvalue weighted by Gasteiger charge is -2.40. The molecule has 0 spiro atoms. The Morgan fingerprint density at radius 1 is 1.21 bits per heavy atom. The molecule has 0 saturated carbocycles. The average molecular weight is 383 g/mol. The summed E-state index contributed by atoms with van der Waals surface area (Å²) in [5, 5.41) is 0. The van der Waals surface area contributed by atoms with Crippen LogP contribution in [0.4, 0.5) is 10.1 Å². The van der Waals surface area contributed by atoms with Gasteiger partial charge in [0.2, 0.25) is 5.91 Å². The van der Waals surface area contributed by atoms with Crippen LogP contribution in [-0.2, 0) is 11.2 Å². The molecule has 28 heavy (non-hydrogen) atoms. The van der Waals surface area contributed by atoms with Gasteiger partial charge < -0.3 is 9.80 Å². The predicted octanol–water partition coefficient (Wildman–Crippen LogP) is 4.91. The van der Waals surface area contributed by atoms with E-state index in [2.05, 4.69) is 36.1 Å². The topological polar surface area (TPSA) is 23.6 Å². The molecule has 1 amide bonds. The zero-order valence-electron chi connectivity index (χ0n) is 17.0. The van der Waals surface area contributed by atoms with Gasteiger partial charge in [-0.3, -0.25) is 4.79 Å². The summed E-state index contributed by atoms with van der Waals surface area (Å²) in [7, 11) is 0. The largest absolute Gasteiger partial charge is 0.309 e. The van der Waals surface area contributed by atoms with Crippen LogP contribution in [0.5, 0.6) is 0 Å². The summed E-state index contributed by atoms with van der Waals surface area (Å²) in [5.41, 5.74) is 2.03. The highest BCUT2D eigenvalue weighted by Crippen LogP contribution is 2.28. The Bertz CT molecular complexity index is 764. The second-order valence-corrected chi connectivity index (χ2v) is 7.78. The van der Waals surface area contributed by atoms with Gasteiger partial charge in [-0.05, 0) is 62.4 Å². The maximum Gasteiger partial charge on any atom is 0.226 e. The van der Waals surface area contributed by atoms with E-state index in [-0.39, 0.29) is 17.8 Å². The lowest BCUT2D eigenvalue weighted by Crippen LogP contribution is -2.49. The van der Waals surface area contributed by atoms with E-state index in [1.165, 1.54) is 17.7 Å². The molecule has 0 aliphatic carbocycles. The number of carbonyl (C=O) groups is 1. The first kappa shape index (κ1) is 20.5. The molecule has 1 saturated heterocycles. The van der Waals surface area contributed by atoms with Crippen molar-refractivity contribution < 1.29 is 9.18 Å². The summed E-state index contributed by atoms with van der Waals surface area (Å²) in [6.45, 7) is 7.11. The number of likely N-dealkylation sites (tertiary alicyclic amines) is 1. The van der Waals surface area contributed by atoms with Gasteiger partial charge in [-0.15, -0.1) is 0 Å². The van der Waals surface area contributed by atoms with Gasteiger partial charge in [0.05, 0.1) is 0 Å². The maximum atomic E-state index is 13.8. The molecule has 0 N–H and O–H groups in total. The molecule has 0 unspecified atom stereocenters. The van der Waals surface area contributed by atoms with Crippen molar-refractivity contribution in [3.05, 3.63) is 66.0 Å². The molecule has 2 aromatic rings. The predicted molar refractivity (Wildman–Crippen MR) is 113 cm³/mol. The van der Waals surface area contributed by atoms with Gasteiger partial charge in [0, 0.05) is 31.2 Å². The van der Waals surface area contributed by atoms with Crippen molar-refractivity contribution in [2.75, 3.05) is 24.5 Å². The number of carbonyl (C=O) groups excluding carboxylic acids is 1. The third-order valence-corrected chi connectivity index (χ3v) is 5.85. The molecule has 1 aliphatic rings. The van der Waals surface area contributed by atoms with Crippen LogP contribution in [0.2, 0.25) is 0 Å². The summed E-state index contributed by atoms with van der Waals surface area (Å²) >= 11 is 0. The van der Waals surface area contributed by atoms with Crippen molar-refractivity contribution in [1.29, 1.82) is 0 Å². The molecule has 0 radical (unpaired) electrons. The fourth-order valence-corrected chi connectivity index (χ4v) is 4.23. The molecule has 1 heterocycles. The number of halogens is 1. The highest BCUT2D eigenvalue weighted by molar-refractivity contribution is 5.93. The molecule has 3 rings (SSSR count). The minimum absolute atomic E-state index is 0.0498. The molecular weight excluding hydrogens is 351 g/mol. The number of hydrogen-bond donors (Lipinski definition) is 0. The molecule has 1 aliphatic heterocycles. The Morgan fingerprint density at radius 2 is 2.00 bits per heavy atom. The molecule has 2 atom stereocenters. The number of amides is 1. The normalized spacial score (nSPS) is 18.6. The Hall–Kier alpha value is -2.20. The summed E-state index contributed by atoms with van der Waals surface area (Å²) in [6.07, 6.45) is 3.71. The van der Waals surface area contributed by atoms with Crippen LogP contribution in [0, 0.1) is 11.7 Å². The van der Waals surface area contributed by atoms with Gasteiger partial charge in [-0.2, -0.15) is 0 Å². The van der Waals surface area contributed by atoms with E-state index in [4.69, 9.17) is 0 Å². The van der Waals surface area contributed by atoms with Gasteiger partial charge in [-0.1, -0.05) is 43.3 Å². The van der Waals surface area contributed by atoms with Crippen molar-refractivity contribution >= 4 is 11.6 Å². The van der Waals surface area contributed by atoms with Gasteiger partial charge in [0.25, 0.3) is 0 Å². The smallest absolute Gasteiger partial charge is 0.226 e. The van der Waals surface area contributed by atoms with Gasteiger partial charge in [0.1, 0.15) is 5.82 Å². The van der Waals surface area contributed by atoms with Crippen LogP contribution in [0.3, 0.4) is 0 Å². The average Bonchev–Trinajstić information content (AvgIpc) is 2.73. The standard InChI is InChI=1S/C24H31FN2O/c1-3-24(28)27(23-13-7-12-22(25)17-23)19(2)21-11-8-15-26(18-21)16-14-20-9-5-4-6-10-20/h4-7,9-10,12-13,17,19,21H,3,8,11,14-16,18H2,1-2H3/t19-,21-/m1/s1. The van der Waals surface area contributed by atoms with Crippen molar-refractivity contribution in [3.8, 4) is 0 Å². The third-order valence-electron chi connectivity index (χ3n) is 5.85. The number of benzene rings is 2. The van der Waals surface area contributed by atoms with E-state index < -0.39 is 0 Å². The van der Waals surface area contributed by atoms with Crippen molar-refractivity contribution in [3.63, 3.8) is 0 Å². The number of hydrogen-bond acceptors (Lipinski definition) is 2. The van der Waals surface area contributed by atoms with Crippen molar-refractivity contribution in [1.82, 2.24) is 4.90 Å². The maximum absolute atomic E-state index is 13.8. The van der Waals surface area contributed by atoms with Crippen molar-refractivity contribution in [2.24, 2.45) is 5.92 Å². The number of rotatable bonds is 7. The lowest BCUT2D eigenvalue weighted by atomic mass is 9.89. The Labute approximate surface area is 168 Å². The summed E-state index contributed by atoms with van der Waals surface area (Å²) in [6, 6.07) is 17.0. The van der Waals surface area contributed by atoms with Gasteiger partial charge in [0.15, 0.2) is 0 Å². The molecular formula is C24H31FN2O. The minimum Gasteiger partial charge on any atom is -0.309 e. The third kappa shape index (κ3) is 5.20. The second kappa shape index (κ2) is 9.83. The van der Waals surface area contributed by atoms with E-state index in [1.54, 1.807) is 6.07 Å². The van der Waals surface area contributed by atoms with Crippen molar-refractivity contribution in [2.45, 2.75) is 45.6 Å². The second-order valence-electron chi connectivity index (χ2n) is 7.78. The summed E-state index contributed by atoms with van der Waals surface area (Å²) < 4.78 is 13.8. The minimum atomic E-state index is -0.299. The van der Waals surface area contributed by atoms with E-state index in [0.717, 1.165) is 38.9 Å². The van der Waals surface area contributed by atoms with Crippen LogP contribution in [0.1, 0.15) is 38.7 Å². The van der Waals surface area contributed by atoms with Crippen LogP contribution in [-0.4, -0.2) is 36.5 Å². The Morgan fingerprint density at radius 3 is 2.71 bits per heavy atom. The van der Waals surface area contributed by atoms with E-state index in [9.17, 15) is 9.18 Å². The zero-order chi connectivity index (χ0) is 19.9. The van der Waals surface area contributed by atoms with Crippen LogP contribution < -0.4 is 4.90 Å². The number of anilines is 1. The van der Waals surface area contributed by atoms with Gasteiger partial charge >= 0.3 is 0 Å². The van der Waals surface area contributed by atoms with Crippen LogP contribution in [0.15, 0.2) is 54.6 Å². The first-order chi connectivity index (χ1) is 13.6. The first-order valence-electron chi connectivity index (χ1n) is 10.4. The van der Waals surface area contributed by atoms with E-state index in [1.807, 2.05) is 24.0 Å². The lowest BCUT2D eigenvalue weighted by molar-refractivity contribution is -0.119. The number of piperidine rings is 1. The Kier molecular flexibility index (Phi) is 7.21. The van der Waals surface area contributed by atoms with Gasteiger partial charge in [-0.25, -0.2) is 4.39 Å². The molecule has 1 fully saturated rings. The quantitative estimate of drug-likeness (QED) is 0.679. The molecule has 0 bridgehead atoms. The van der Waals surface area contributed by atoms with Crippen LogP contribution in [0.25, 0.3) is 0 Å². The van der Waals surface area contributed by atoms with E-state index >= 15 is 0 Å². The monoisotopic (exact) mass is 382 g/mol. The van der Waals surface area contributed by atoms with E-state index in [0.29, 0.717) is 18.0 Å². The highest BCUT2D eigenvalue weighted by Gasteiger charge is 2.31.